The highest BCUT2D eigenvalue weighted by atomic mass is 16.5. The van der Waals surface area contributed by atoms with Gasteiger partial charge in [0, 0.05) is 31.0 Å². The molecule has 0 aromatic carbocycles. The lowest BCUT2D eigenvalue weighted by molar-refractivity contribution is -0.0365. The normalized spacial score (nSPS) is 13.8. The van der Waals surface area contributed by atoms with Crippen LogP contribution in [0.1, 0.15) is 26.5 Å². The Bertz CT molecular complexity index is 298. The van der Waals surface area contributed by atoms with E-state index in [1.807, 2.05) is 38.4 Å². The molecule has 0 fully saturated rings. The maximum absolute atomic E-state index is 5.76. The van der Waals surface area contributed by atoms with E-state index < -0.39 is 0 Å². The second-order valence-corrected chi connectivity index (χ2v) is 4.40. The first-order chi connectivity index (χ1) is 7.60. The summed E-state index contributed by atoms with van der Waals surface area (Å²) < 4.78 is 5.76. The van der Waals surface area contributed by atoms with Gasteiger partial charge in [-0.1, -0.05) is 6.07 Å². The van der Waals surface area contributed by atoms with Crippen LogP contribution in [-0.4, -0.2) is 30.3 Å². The van der Waals surface area contributed by atoms with Gasteiger partial charge in [-0.3, -0.25) is 4.98 Å². The number of rotatable bonds is 6. The molecule has 1 N–H and O–H groups in total. The van der Waals surface area contributed by atoms with Gasteiger partial charge in [-0.15, -0.1) is 0 Å². The van der Waals surface area contributed by atoms with Gasteiger partial charge in [-0.05, 0) is 40.0 Å². The van der Waals surface area contributed by atoms with E-state index >= 15 is 0 Å². The molecule has 0 aliphatic heterocycles. The molecular formula is C13H22N2O. The van der Waals surface area contributed by atoms with E-state index in [2.05, 4.69) is 24.1 Å². The molecule has 1 atom stereocenters. The zero-order valence-corrected chi connectivity index (χ0v) is 10.7. The Labute approximate surface area is 98.2 Å². The van der Waals surface area contributed by atoms with Crippen LogP contribution in [-0.2, 0) is 11.2 Å². The lowest BCUT2D eigenvalue weighted by Gasteiger charge is -2.33. The standard InChI is InChI=1S/C13H22N2O/c1-5-16-13(2,3)12(14-4)10-11-8-6-7-9-15-11/h6-9,12,14H,5,10H2,1-4H3. The molecule has 0 radical (unpaired) electrons. The Balaban J connectivity index is 2.69. The summed E-state index contributed by atoms with van der Waals surface area (Å²) in [6.45, 7) is 6.98. The van der Waals surface area contributed by atoms with Crippen molar-refractivity contribution in [2.45, 2.75) is 38.8 Å². The predicted molar refractivity (Wildman–Crippen MR) is 66.5 cm³/mol. The first-order valence-electron chi connectivity index (χ1n) is 5.81. The lowest BCUT2D eigenvalue weighted by atomic mass is 9.94. The largest absolute Gasteiger partial charge is 0.374 e. The van der Waals surface area contributed by atoms with Gasteiger partial charge in [-0.25, -0.2) is 0 Å². The van der Waals surface area contributed by atoms with Gasteiger partial charge in [0.05, 0.1) is 5.60 Å². The summed E-state index contributed by atoms with van der Waals surface area (Å²) in [6.07, 6.45) is 2.71. The molecule has 0 aliphatic rings. The number of ether oxygens (including phenoxy) is 1. The molecule has 0 aliphatic carbocycles. The highest BCUT2D eigenvalue weighted by Crippen LogP contribution is 2.17. The Hall–Kier alpha value is -0.930. The number of pyridine rings is 1. The summed E-state index contributed by atoms with van der Waals surface area (Å²) in [5.41, 5.74) is 0.913. The molecule has 0 bridgehead atoms. The molecule has 1 unspecified atom stereocenters. The van der Waals surface area contributed by atoms with Crippen molar-refractivity contribution in [3.8, 4) is 0 Å². The number of hydrogen-bond donors (Lipinski definition) is 1. The van der Waals surface area contributed by atoms with Gasteiger partial charge < -0.3 is 10.1 Å². The number of nitrogens with zero attached hydrogens (tertiary/aromatic N) is 1. The molecule has 0 saturated carbocycles. The Kier molecular flexibility index (Phi) is 4.90. The second kappa shape index (κ2) is 5.97. The highest BCUT2D eigenvalue weighted by molar-refractivity contribution is 5.07. The van der Waals surface area contributed by atoms with Crippen LogP contribution in [0.4, 0.5) is 0 Å². The van der Waals surface area contributed by atoms with Crippen LogP contribution in [0.15, 0.2) is 24.4 Å². The molecule has 0 amide bonds. The van der Waals surface area contributed by atoms with E-state index in [4.69, 9.17) is 4.74 Å². The van der Waals surface area contributed by atoms with E-state index in [0.717, 1.165) is 18.7 Å². The van der Waals surface area contributed by atoms with Gasteiger partial charge in [0.25, 0.3) is 0 Å². The molecule has 1 aromatic heterocycles. The molecule has 3 heteroatoms. The Morgan fingerprint density at radius 2 is 2.19 bits per heavy atom. The van der Waals surface area contributed by atoms with Crippen molar-refractivity contribution < 1.29 is 4.74 Å². The monoisotopic (exact) mass is 222 g/mol. The summed E-state index contributed by atoms with van der Waals surface area (Å²) >= 11 is 0. The quantitative estimate of drug-likeness (QED) is 0.799. The fourth-order valence-electron chi connectivity index (χ4n) is 1.90. The van der Waals surface area contributed by atoms with E-state index in [1.165, 1.54) is 0 Å². The molecule has 0 saturated heterocycles. The summed E-state index contributed by atoms with van der Waals surface area (Å²) in [5.74, 6) is 0. The van der Waals surface area contributed by atoms with Crippen LogP contribution in [0.2, 0.25) is 0 Å². The first kappa shape index (κ1) is 13.1. The zero-order valence-electron chi connectivity index (χ0n) is 10.7. The van der Waals surface area contributed by atoms with Gasteiger partial charge in [-0.2, -0.15) is 0 Å². The smallest absolute Gasteiger partial charge is 0.0782 e. The molecule has 90 valence electrons. The summed E-state index contributed by atoms with van der Waals surface area (Å²) in [6, 6.07) is 6.27. The van der Waals surface area contributed by atoms with Crippen LogP contribution >= 0.6 is 0 Å². The van der Waals surface area contributed by atoms with Crippen LogP contribution < -0.4 is 5.32 Å². The van der Waals surface area contributed by atoms with Crippen molar-refractivity contribution in [3.05, 3.63) is 30.1 Å². The van der Waals surface area contributed by atoms with E-state index in [0.29, 0.717) is 0 Å². The second-order valence-electron chi connectivity index (χ2n) is 4.40. The SMILES string of the molecule is CCOC(C)(C)C(Cc1ccccn1)NC. The molecule has 1 heterocycles. The number of hydrogen-bond acceptors (Lipinski definition) is 3. The van der Waals surface area contributed by atoms with Gasteiger partial charge in [0.1, 0.15) is 0 Å². The fraction of sp³-hybridized carbons (Fsp3) is 0.615. The molecule has 0 spiro atoms. The average molecular weight is 222 g/mol. The summed E-state index contributed by atoms with van der Waals surface area (Å²) in [4.78, 5) is 4.34. The average Bonchev–Trinajstić information content (AvgIpc) is 2.27. The molecular weight excluding hydrogens is 200 g/mol. The molecule has 1 rings (SSSR count). The van der Waals surface area contributed by atoms with Crippen molar-refractivity contribution in [2.24, 2.45) is 0 Å². The van der Waals surface area contributed by atoms with Crippen LogP contribution in [0.25, 0.3) is 0 Å². The van der Waals surface area contributed by atoms with Crippen LogP contribution in [0.3, 0.4) is 0 Å². The number of aromatic nitrogens is 1. The summed E-state index contributed by atoms with van der Waals surface area (Å²) in [5, 5.41) is 3.31. The Morgan fingerprint density at radius 3 is 2.69 bits per heavy atom. The van der Waals surface area contributed by atoms with Crippen molar-refractivity contribution in [3.63, 3.8) is 0 Å². The third-order valence-electron chi connectivity index (χ3n) is 2.84. The first-order valence-corrected chi connectivity index (χ1v) is 5.81. The topological polar surface area (TPSA) is 34.1 Å². The minimum Gasteiger partial charge on any atom is -0.374 e. The van der Waals surface area contributed by atoms with Crippen molar-refractivity contribution >= 4 is 0 Å². The minimum atomic E-state index is -0.180. The third kappa shape index (κ3) is 3.58. The predicted octanol–water partition coefficient (Wildman–Crippen LogP) is 2.03. The highest BCUT2D eigenvalue weighted by Gasteiger charge is 2.29. The van der Waals surface area contributed by atoms with Crippen molar-refractivity contribution in [1.82, 2.24) is 10.3 Å². The van der Waals surface area contributed by atoms with Gasteiger partial charge in [0.15, 0.2) is 0 Å². The third-order valence-corrected chi connectivity index (χ3v) is 2.84. The summed E-state index contributed by atoms with van der Waals surface area (Å²) in [7, 11) is 1.97. The molecule has 1 aromatic rings. The minimum absolute atomic E-state index is 0.180. The van der Waals surface area contributed by atoms with Crippen LogP contribution in [0.5, 0.6) is 0 Å². The lowest BCUT2D eigenvalue weighted by Crippen LogP contribution is -2.48. The molecule has 3 nitrogen and oxygen atoms in total. The Morgan fingerprint density at radius 1 is 1.44 bits per heavy atom. The fourth-order valence-corrected chi connectivity index (χ4v) is 1.90. The van der Waals surface area contributed by atoms with Crippen molar-refractivity contribution in [1.29, 1.82) is 0 Å². The van der Waals surface area contributed by atoms with Crippen LogP contribution in [0, 0.1) is 0 Å². The van der Waals surface area contributed by atoms with Gasteiger partial charge in [0.2, 0.25) is 0 Å². The maximum Gasteiger partial charge on any atom is 0.0782 e. The number of nitrogens with one attached hydrogen (secondary N) is 1. The van der Waals surface area contributed by atoms with E-state index in [9.17, 15) is 0 Å². The van der Waals surface area contributed by atoms with Crippen molar-refractivity contribution in [2.75, 3.05) is 13.7 Å². The zero-order chi connectivity index (χ0) is 12.0. The van der Waals surface area contributed by atoms with Gasteiger partial charge >= 0.3 is 0 Å². The van der Waals surface area contributed by atoms with E-state index in [-0.39, 0.29) is 11.6 Å². The number of likely N-dealkylation sites (N-methyl/N-ethyl adjacent to an activating group) is 1. The van der Waals surface area contributed by atoms with E-state index in [1.54, 1.807) is 0 Å². The maximum atomic E-state index is 5.76. The molecule has 16 heavy (non-hydrogen) atoms.